The first-order chi connectivity index (χ1) is 20.9. The van der Waals surface area contributed by atoms with Gasteiger partial charge in [0.15, 0.2) is 5.11 Å². The minimum atomic E-state index is -0.729. The maximum absolute atomic E-state index is 14.7. The van der Waals surface area contributed by atoms with Gasteiger partial charge in [-0.3, -0.25) is 10.1 Å². The summed E-state index contributed by atoms with van der Waals surface area (Å²) in [5, 5.41) is 5.02. The van der Waals surface area contributed by atoms with Crippen LogP contribution in [0.1, 0.15) is 54.1 Å². The third-order valence-corrected chi connectivity index (χ3v) is 6.03. The Morgan fingerprint density at radius 1 is 1.09 bits per heavy atom. The molecule has 0 aliphatic rings. The average molecular weight is 629 g/mol. The number of H-pyrrole nitrogens is 1. The molecule has 3 aromatic rings. The van der Waals surface area contributed by atoms with Crippen molar-refractivity contribution in [1.29, 1.82) is 0 Å². The van der Waals surface area contributed by atoms with Crippen molar-refractivity contribution in [1.82, 2.24) is 15.6 Å². The first-order valence-electron chi connectivity index (χ1n) is 13.6. The molecule has 3 rings (SSSR count). The van der Waals surface area contributed by atoms with Crippen LogP contribution in [0.3, 0.4) is 0 Å². The first kappa shape index (κ1) is 33.7. The van der Waals surface area contributed by atoms with Gasteiger partial charge in [-0.25, -0.2) is 18.4 Å². The number of nitrogens with zero attached hydrogens (tertiary/aromatic N) is 1. The molecule has 0 bridgehead atoms. The van der Waals surface area contributed by atoms with Gasteiger partial charge in [0.25, 0.3) is 5.91 Å². The fourth-order valence-corrected chi connectivity index (χ4v) is 4.08. The summed E-state index contributed by atoms with van der Waals surface area (Å²) < 4.78 is 44.1. The maximum atomic E-state index is 14.7. The predicted octanol–water partition coefficient (Wildman–Crippen LogP) is 5.81. The SMILES string of the molecule is CCOC(=O)c1[nH]ccc1N(Cc1cc(F)cc(OC/C(=C/F)CNC(=O)OC(C)(C)C)c1)C(=S)NC(=O)c1ccccc1. The fourth-order valence-electron chi connectivity index (χ4n) is 3.82. The van der Waals surface area contributed by atoms with Crippen LogP contribution in [0.5, 0.6) is 5.75 Å². The number of nitrogens with one attached hydrogen (secondary N) is 3. The highest BCUT2D eigenvalue weighted by Gasteiger charge is 2.24. The second kappa shape index (κ2) is 15.6. The molecule has 234 valence electrons. The zero-order chi connectivity index (χ0) is 32.3. The molecule has 0 saturated carbocycles. The zero-order valence-corrected chi connectivity index (χ0v) is 25.6. The van der Waals surface area contributed by atoms with E-state index in [2.05, 4.69) is 15.6 Å². The van der Waals surface area contributed by atoms with Gasteiger partial charge in [-0.1, -0.05) is 18.2 Å². The Balaban J connectivity index is 1.81. The van der Waals surface area contributed by atoms with Crippen molar-refractivity contribution < 1.29 is 37.4 Å². The van der Waals surface area contributed by atoms with Crippen molar-refractivity contribution in [3.63, 3.8) is 0 Å². The first-order valence-corrected chi connectivity index (χ1v) is 14.0. The lowest BCUT2D eigenvalue weighted by Gasteiger charge is -2.26. The molecule has 44 heavy (non-hydrogen) atoms. The summed E-state index contributed by atoms with van der Waals surface area (Å²) in [7, 11) is 0. The third kappa shape index (κ3) is 10.2. The lowest BCUT2D eigenvalue weighted by molar-refractivity contribution is 0.0514. The van der Waals surface area contributed by atoms with Gasteiger partial charge < -0.3 is 29.4 Å². The summed E-state index contributed by atoms with van der Waals surface area (Å²) in [5.41, 5.74) is 0.407. The van der Waals surface area contributed by atoms with E-state index in [4.69, 9.17) is 26.4 Å². The minimum Gasteiger partial charge on any atom is -0.489 e. The van der Waals surface area contributed by atoms with Crippen molar-refractivity contribution in [3.8, 4) is 5.75 Å². The molecule has 3 N–H and O–H groups in total. The number of hydrogen-bond donors (Lipinski definition) is 3. The summed E-state index contributed by atoms with van der Waals surface area (Å²) in [6.45, 7) is 6.29. The molecular formula is C31H34F2N4O6S. The standard InChI is InChI=1S/C31H34F2N4O6S/c1-5-41-28(39)26-25(11-12-34-26)37(29(44)36-27(38)22-9-7-6-8-10-22)18-20-13-23(33)15-24(14-20)42-19-21(16-32)17-35-30(40)43-31(2,3)4/h6-16,34H,5,17-19H2,1-4H3,(H,35,40)(H,36,38,44)/b21-16+. The van der Waals surface area contributed by atoms with Gasteiger partial charge in [0, 0.05) is 29.9 Å². The van der Waals surface area contributed by atoms with Crippen LogP contribution in [0.2, 0.25) is 0 Å². The summed E-state index contributed by atoms with van der Waals surface area (Å²) in [6.07, 6.45) is 1.06. The number of thiocarbonyl (C=S) groups is 1. The van der Waals surface area contributed by atoms with Gasteiger partial charge in [-0.05, 0) is 75.8 Å². The largest absolute Gasteiger partial charge is 0.489 e. The molecule has 10 nitrogen and oxygen atoms in total. The van der Waals surface area contributed by atoms with Crippen molar-refractivity contribution in [2.45, 2.75) is 39.8 Å². The Kier molecular flexibility index (Phi) is 12.0. The van der Waals surface area contributed by atoms with E-state index in [0.29, 0.717) is 11.1 Å². The monoisotopic (exact) mass is 628 g/mol. The number of ether oxygens (including phenoxy) is 3. The molecule has 0 aliphatic carbocycles. The van der Waals surface area contributed by atoms with Crippen LogP contribution in [0.15, 0.2) is 72.7 Å². The fraction of sp³-hybridized carbons (Fsp3) is 0.290. The molecule has 0 atom stereocenters. The molecule has 0 unspecified atom stereocenters. The van der Waals surface area contributed by atoms with E-state index >= 15 is 0 Å². The molecule has 0 fully saturated rings. The summed E-state index contributed by atoms with van der Waals surface area (Å²) in [5.74, 6) is -1.73. The number of hydrogen-bond acceptors (Lipinski definition) is 7. The number of anilines is 1. The summed E-state index contributed by atoms with van der Waals surface area (Å²) in [4.78, 5) is 41.7. The van der Waals surface area contributed by atoms with Crippen LogP contribution in [-0.2, 0) is 16.0 Å². The number of amides is 2. The summed E-state index contributed by atoms with van der Waals surface area (Å²) in [6, 6.07) is 13.8. The number of rotatable bonds is 11. The average Bonchev–Trinajstić information content (AvgIpc) is 3.45. The van der Waals surface area contributed by atoms with E-state index in [9.17, 15) is 23.2 Å². The van der Waals surface area contributed by atoms with E-state index < -0.39 is 29.4 Å². The van der Waals surface area contributed by atoms with Gasteiger partial charge in [-0.15, -0.1) is 0 Å². The van der Waals surface area contributed by atoms with Crippen LogP contribution in [0.4, 0.5) is 19.3 Å². The van der Waals surface area contributed by atoms with Crippen LogP contribution in [-0.4, -0.2) is 53.4 Å². The quantitative estimate of drug-likeness (QED) is 0.180. The van der Waals surface area contributed by atoms with Crippen molar-refractivity contribution in [2.75, 3.05) is 24.7 Å². The lowest BCUT2D eigenvalue weighted by atomic mass is 10.1. The molecule has 1 aromatic heterocycles. The van der Waals surface area contributed by atoms with Gasteiger partial charge in [0.2, 0.25) is 0 Å². The number of carbonyl (C=O) groups excluding carboxylic acids is 3. The Bertz CT molecular complexity index is 1500. The molecule has 1 heterocycles. The van der Waals surface area contributed by atoms with Gasteiger partial charge >= 0.3 is 12.1 Å². The topological polar surface area (TPSA) is 122 Å². The van der Waals surface area contributed by atoms with E-state index in [1.54, 1.807) is 64.1 Å². The maximum Gasteiger partial charge on any atom is 0.407 e. The normalized spacial score (nSPS) is 11.4. The Hall–Kier alpha value is -4.78. The number of halogens is 2. The molecule has 0 spiro atoms. The highest BCUT2D eigenvalue weighted by molar-refractivity contribution is 7.80. The second-order valence-electron chi connectivity index (χ2n) is 10.4. The second-order valence-corrected chi connectivity index (χ2v) is 10.8. The Labute approximate surface area is 259 Å². The minimum absolute atomic E-state index is 0.0633. The van der Waals surface area contributed by atoms with Crippen LogP contribution >= 0.6 is 12.2 Å². The summed E-state index contributed by atoms with van der Waals surface area (Å²) >= 11 is 5.57. The van der Waals surface area contributed by atoms with Crippen molar-refractivity contribution >= 4 is 41.0 Å². The highest BCUT2D eigenvalue weighted by atomic mass is 32.1. The molecule has 0 saturated heterocycles. The number of aromatic amines is 1. The Morgan fingerprint density at radius 2 is 1.82 bits per heavy atom. The van der Waals surface area contributed by atoms with E-state index in [1.165, 1.54) is 23.2 Å². The number of benzene rings is 2. The van der Waals surface area contributed by atoms with Gasteiger partial charge in [0.1, 0.15) is 29.5 Å². The number of aromatic nitrogens is 1. The van der Waals surface area contributed by atoms with Crippen molar-refractivity contribution in [3.05, 3.63) is 95.3 Å². The molecule has 2 amide bonds. The number of esters is 1. The molecule has 0 radical (unpaired) electrons. The molecule has 0 aliphatic heterocycles. The smallest absolute Gasteiger partial charge is 0.407 e. The van der Waals surface area contributed by atoms with E-state index in [-0.39, 0.29) is 60.4 Å². The predicted molar refractivity (Wildman–Crippen MR) is 165 cm³/mol. The van der Waals surface area contributed by atoms with Crippen LogP contribution in [0, 0.1) is 5.82 Å². The highest BCUT2D eigenvalue weighted by Crippen LogP contribution is 2.25. The van der Waals surface area contributed by atoms with Gasteiger partial charge in [-0.2, -0.15) is 0 Å². The lowest BCUT2D eigenvalue weighted by Crippen LogP contribution is -2.43. The van der Waals surface area contributed by atoms with Crippen LogP contribution < -0.4 is 20.3 Å². The van der Waals surface area contributed by atoms with E-state index in [0.717, 1.165) is 6.07 Å². The third-order valence-electron chi connectivity index (χ3n) is 5.71. The van der Waals surface area contributed by atoms with Crippen molar-refractivity contribution in [2.24, 2.45) is 0 Å². The Morgan fingerprint density at radius 3 is 2.48 bits per heavy atom. The van der Waals surface area contributed by atoms with Crippen LogP contribution in [0.25, 0.3) is 0 Å². The van der Waals surface area contributed by atoms with E-state index in [1.807, 2.05) is 0 Å². The number of alkyl carbamates (subject to hydrolysis) is 1. The zero-order valence-electron chi connectivity index (χ0n) is 24.7. The molecular weight excluding hydrogens is 594 g/mol. The molecule has 13 heteroatoms. The van der Waals surface area contributed by atoms with Gasteiger partial charge in [0.05, 0.1) is 25.2 Å². The number of carbonyl (C=O) groups is 3. The molecule has 2 aromatic carbocycles.